The molecule has 2 N–H and O–H groups in total. The number of ketones is 1. The van der Waals surface area contributed by atoms with Crippen LogP contribution in [-0.4, -0.2) is 54.2 Å². The minimum Gasteiger partial charge on any atom is -0.465 e. The lowest BCUT2D eigenvalue weighted by Crippen LogP contribution is -2.73. The van der Waals surface area contributed by atoms with E-state index in [9.17, 15) is 14.7 Å². The van der Waals surface area contributed by atoms with E-state index in [0.717, 1.165) is 11.3 Å². The van der Waals surface area contributed by atoms with Crippen molar-refractivity contribution in [2.75, 3.05) is 31.6 Å². The molecule has 6 heteroatoms. The molecule has 0 aliphatic carbocycles. The Hall–Kier alpha value is -2.08. The SMILES string of the molecule is CNC1(C(C)=O)CN(c2ccccc2C)CCN1C(=O)O. The van der Waals surface area contributed by atoms with E-state index in [1.165, 1.54) is 11.8 Å². The molecule has 0 aromatic heterocycles. The first kappa shape index (κ1) is 15.3. The van der Waals surface area contributed by atoms with Crippen LogP contribution in [0, 0.1) is 6.92 Å². The summed E-state index contributed by atoms with van der Waals surface area (Å²) in [4.78, 5) is 26.9. The summed E-state index contributed by atoms with van der Waals surface area (Å²) in [5.41, 5.74) is 0.935. The van der Waals surface area contributed by atoms with E-state index in [1.54, 1.807) is 7.05 Å². The van der Waals surface area contributed by atoms with Crippen molar-refractivity contribution in [2.45, 2.75) is 19.5 Å². The zero-order chi connectivity index (χ0) is 15.6. The Morgan fingerprint density at radius 3 is 2.48 bits per heavy atom. The molecule has 0 radical (unpaired) electrons. The average Bonchev–Trinajstić information content (AvgIpc) is 2.46. The summed E-state index contributed by atoms with van der Waals surface area (Å²) in [6.45, 7) is 4.58. The van der Waals surface area contributed by atoms with Crippen LogP contribution in [0.25, 0.3) is 0 Å². The van der Waals surface area contributed by atoms with Crippen LogP contribution in [-0.2, 0) is 4.79 Å². The molecule has 1 amide bonds. The van der Waals surface area contributed by atoms with Crippen molar-refractivity contribution < 1.29 is 14.7 Å². The molecule has 1 atom stereocenters. The standard InChI is InChI=1S/C15H21N3O3/c1-11-6-4-5-7-13(11)17-8-9-18(14(20)21)15(10-17,16-3)12(2)19/h4-7,16H,8-10H2,1-3H3,(H,20,21). The van der Waals surface area contributed by atoms with Gasteiger partial charge in [-0.2, -0.15) is 0 Å². The number of rotatable bonds is 3. The fourth-order valence-corrected chi connectivity index (χ4v) is 2.93. The molecule has 2 rings (SSSR count). The number of benzene rings is 1. The van der Waals surface area contributed by atoms with Gasteiger partial charge in [-0.1, -0.05) is 18.2 Å². The van der Waals surface area contributed by atoms with Gasteiger partial charge in [-0.3, -0.25) is 15.0 Å². The van der Waals surface area contributed by atoms with Crippen LogP contribution in [0.1, 0.15) is 12.5 Å². The lowest BCUT2D eigenvalue weighted by atomic mass is 9.99. The summed E-state index contributed by atoms with van der Waals surface area (Å²) in [6, 6.07) is 7.91. The molecule has 6 nitrogen and oxygen atoms in total. The van der Waals surface area contributed by atoms with E-state index in [0.29, 0.717) is 13.1 Å². The fourth-order valence-electron chi connectivity index (χ4n) is 2.93. The van der Waals surface area contributed by atoms with Crippen LogP contribution in [0.5, 0.6) is 0 Å². The number of Topliss-reactive ketones (excluding diaryl/α,β-unsaturated/α-hetero) is 1. The van der Waals surface area contributed by atoms with Gasteiger partial charge >= 0.3 is 6.09 Å². The second-order valence-corrected chi connectivity index (χ2v) is 5.31. The number of piperazine rings is 1. The maximum absolute atomic E-state index is 12.1. The molecule has 1 unspecified atom stereocenters. The van der Waals surface area contributed by atoms with Crippen LogP contribution in [0.15, 0.2) is 24.3 Å². The zero-order valence-electron chi connectivity index (χ0n) is 12.6. The summed E-state index contributed by atoms with van der Waals surface area (Å²) in [7, 11) is 1.62. The maximum atomic E-state index is 12.1. The molecule has 1 fully saturated rings. The molecule has 114 valence electrons. The average molecular weight is 291 g/mol. The number of carbonyl (C=O) groups excluding carboxylic acids is 1. The Bertz CT molecular complexity index is 561. The van der Waals surface area contributed by atoms with Gasteiger partial charge in [-0.15, -0.1) is 0 Å². The second kappa shape index (κ2) is 5.73. The second-order valence-electron chi connectivity index (χ2n) is 5.31. The van der Waals surface area contributed by atoms with Gasteiger partial charge in [0.05, 0.1) is 6.54 Å². The van der Waals surface area contributed by atoms with E-state index in [-0.39, 0.29) is 12.3 Å². The number of amides is 1. The van der Waals surface area contributed by atoms with Crippen molar-refractivity contribution >= 4 is 17.6 Å². The van der Waals surface area contributed by atoms with Crippen molar-refractivity contribution in [1.29, 1.82) is 0 Å². The number of likely N-dealkylation sites (N-methyl/N-ethyl adjacent to an activating group) is 1. The van der Waals surface area contributed by atoms with Crippen LogP contribution in [0.4, 0.5) is 10.5 Å². The molecule has 1 aliphatic rings. The Morgan fingerprint density at radius 1 is 1.29 bits per heavy atom. The van der Waals surface area contributed by atoms with Crippen LogP contribution in [0.3, 0.4) is 0 Å². The highest BCUT2D eigenvalue weighted by molar-refractivity contribution is 5.90. The number of hydrogen-bond donors (Lipinski definition) is 2. The van der Waals surface area contributed by atoms with Gasteiger partial charge in [-0.25, -0.2) is 4.79 Å². The largest absolute Gasteiger partial charge is 0.465 e. The quantitative estimate of drug-likeness (QED) is 0.878. The molecule has 0 saturated carbocycles. The number of carbonyl (C=O) groups is 2. The lowest BCUT2D eigenvalue weighted by molar-refractivity contribution is -0.130. The lowest BCUT2D eigenvalue weighted by Gasteiger charge is -2.48. The highest BCUT2D eigenvalue weighted by atomic mass is 16.4. The smallest absolute Gasteiger partial charge is 0.409 e. The van der Waals surface area contributed by atoms with Crippen LogP contribution in [0.2, 0.25) is 0 Å². The summed E-state index contributed by atoms with van der Waals surface area (Å²) in [6.07, 6.45) is -1.08. The van der Waals surface area contributed by atoms with Gasteiger partial charge in [0.15, 0.2) is 11.4 Å². The van der Waals surface area contributed by atoms with Gasteiger partial charge in [0.2, 0.25) is 0 Å². The van der Waals surface area contributed by atoms with Crippen molar-refractivity contribution in [2.24, 2.45) is 0 Å². The first-order valence-corrected chi connectivity index (χ1v) is 6.93. The number of nitrogens with zero attached hydrogens (tertiary/aromatic N) is 2. The third-order valence-electron chi connectivity index (χ3n) is 4.16. The fraction of sp³-hybridized carbons (Fsp3) is 0.467. The van der Waals surface area contributed by atoms with Crippen LogP contribution >= 0.6 is 0 Å². The highest BCUT2D eigenvalue weighted by Crippen LogP contribution is 2.27. The number of anilines is 1. The number of para-hydroxylation sites is 1. The third kappa shape index (κ3) is 2.58. The Kier molecular flexibility index (Phi) is 4.18. The van der Waals surface area contributed by atoms with E-state index in [1.807, 2.05) is 31.2 Å². The third-order valence-corrected chi connectivity index (χ3v) is 4.16. The van der Waals surface area contributed by atoms with E-state index in [2.05, 4.69) is 10.2 Å². The number of nitrogens with one attached hydrogen (secondary N) is 1. The Morgan fingerprint density at radius 2 is 1.95 bits per heavy atom. The molecule has 1 aliphatic heterocycles. The molecular formula is C15H21N3O3. The van der Waals surface area contributed by atoms with Crippen molar-refractivity contribution in [1.82, 2.24) is 10.2 Å². The monoisotopic (exact) mass is 291 g/mol. The Balaban J connectivity index is 2.38. The molecular weight excluding hydrogens is 270 g/mol. The van der Waals surface area contributed by atoms with Gasteiger partial charge in [0.25, 0.3) is 0 Å². The zero-order valence-corrected chi connectivity index (χ0v) is 12.6. The first-order valence-electron chi connectivity index (χ1n) is 6.93. The molecule has 1 aromatic rings. The molecule has 0 spiro atoms. The first-order chi connectivity index (χ1) is 9.92. The predicted octanol–water partition coefficient (Wildman–Crippen LogP) is 1.30. The van der Waals surface area contributed by atoms with E-state index < -0.39 is 11.8 Å². The van der Waals surface area contributed by atoms with Gasteiger partial charge in [0.1, 0.15) is 0 Å². The molecule has 1 saturated heterocycles. The van der Waals surface area contributed by atoms with Crippen molar-refractivity contribution in [3.63, 3.8) is 0 Å². The van der Waals surface area contributed by atoms with Crippen LogP contribution < -0.4 is 10.2 Å². The topological polar surface area (TPSA) is 72.9 Å². The highest BCUT2D eigenvalue weighted by Gasteiger charge is 2.47. The van der Waals surface area contributed by atoms with E-state index in [4.69, 9.17) is 0 Å². The summed E-state index contributed by atoms with van der Waals surface area (Å²) >= 11 is 0. The minimum absolute atomic E-state index is 0.203. The molecule has 0 bridgehead atoms. The van der Waals surface area contributed by atoms with Gasteiger partial charge in [0, 0.05) is 18.8 Å². The Labute approximate surface area is 124 Å². The number of hydrogen-bond acceptors (Lipinski definition) is 4. The molecule has 1 heterocycles. The van der Waals surface area contributed by atoms with Gasteiger partial charge < -0.3 is 10.0 Å². The predicted molar refractivity (Wildman–Crippen MR) is 80.6 cm³/mol. The van der Waals surface area contributed by atoms with Crippen molar-refractivity contribution in [3.8, 4) is 0 Å². The minimum atomic E-state index is -1.20. The summed E-state index contributed by atoms with van der Waals surface area (Å²) in [5, 5.41) is 12.3. The summed E-state index contributed by atoms with van der Waals surface area (Å²) < 4.78 is 0. The van der Waals surface area contributed by atoms with E-state index >= 15 is 0 Å². The number of aryl methyl sites for hydroxylation is 1. The summed E-state index contributed by atoms with van der Waals surface area (Å²) in [5.74, 6) is -0.203. The maximum Gasteiger partial charge on any atom is 0.409 e. The van der Waals surface area contributed by atoms with Gasteiger partial charge in [-0.05, 0) is 32.5 Å². The normalized spacial score (nSPS) is 22.2. The number of carboxylic acid groups (broad SMARTS) is 1. The van der Waals surface area contributed by atoms with Crippen molar-refractivity contribution in [3.05, 3.63) is 29.8 Å². The molecule has 1 aromatic carbocycles. The molecule has 21 heavy (non-hydrogen) atoms.